The van der Waals surface area contributed by atoms with Gasteiger partial charge >= 0.3 is 5.97 Å². The minimum absolute atomic E-state index is 0.0153. The summed E-state index contributed by atoms with van der Waals surface area (Å²) in [6.07, 6.45) is 4.27. The van der Waals surface area contributed by atoms with E-state index in [0.29, 0.717) is 30.6 Å². The summed E-state index contributed by atoms with van der Waals surface area (Å²) in [6.45, 7) is 4.30. The van der Waals surface area contributed by atoms with Crippen LogP contribution in [-0.2, 0) is 16.1 Å². The highest BCUT2D eigenvalue weighted by Gasteiger charge is 2.43. The largest absolute Gasteiger partial charge is 0.469 e. The molecule has 2 aromatic heterocycles. The lowest BCUT2D eigenvalue weighted by atomic mass is 9.65. The summed E-state index contributed by atoms with van der Waals surface area (Å²) < 4.78 is 32.9. The highest BCUT2D eigenvalue weighted by Crippen LogP contribution is 2.45. The highest BCUT2D eigenvalue weighted by molar-refractivity contribution is 5.98. The lowest BCUT2D eigenvalue weighted by Crippen LogP contribution is -2.43. The van der Waals surface area contributed by atoms with Crippen LogP contribution >= 0.6 is 0 Å². The van der Waals surface area contributed by atoms with Gasteiger partial charge in [0.2, 0.25) is 0 Å². The second-order valence-corrected chi connectivity index (χ2v) is 10.1. The van der Waals surface area contributed by atoms with E-state index in [1.165, 1.54) is 30.0 Å². The number of hydrogen-bond acceptors (Lipinski definition) is 6. The van der Waals surface area contributed by atoms with E-state index in [0.717, 1.165) is 25.0 Å². The van der Waals surface area contributed by atoms with Crippen molar-refractivity contribution in [1.82, 2.24) is 25.2 Å². The number of esters is 1. The third kappa shape index (κ3) is 5.60. The zero-order valence-corrected chi connectivity index (χ0v) is 20.9. The van der Waals surface area contributed by atoms with Crippen molar-refractivity contribution in [1.29, 1.82) is 0 Å². The first-order chi connectivity index (χ1) is 17.5. The van der Waals surface area contributed by atoms with Crippen LogP contribution in [0.5, 0.6) is 0 Å². The van der Waals surface area contributed by atoms with Gasteiger partial charge in [-0.2, -0.15) is 5.10 Å². The van der Waals surface area contributed by atoms with Crippen LogP contribution in [0.4, 0.5) is 8.78 Å². The number of carbonyl (C=O) groups excluding carboxylic acids is 3. The Kier molecular flexibility index (Phi) is 7.24. The molecule has 0 radical (unpaired) electrons. The molecule has 1 aliphatic carbocycles. The summed E-state index contributed by atoms with van der Waals surface area (Å²) in [5, 5.41) is 9.70. The third-order valence-corrected chi connectivity index (χ3v) is 7.18. The number of nitrogens with one attached hydrogen (secondary N) is 2. The Bertz CT molecular complexity index is 1350. The zero-order valence-electron chi connectivity index (χ0n) is 20.9. The molecular formula is C26H29F2N5O4. The first kappa shape index (κ1) is 26.2. The number of benzene rings is 1. The molecule has 0 bridgehead atoms. The Balaban J connectivity index is 1.44. The van der Waals surface area contributed by atoms with Crippen LogP contribution in [-0.4, -0.2) is 46.0 Å². The lowest BCUT2D eigenvalue weighted by Gasteiger charge is -2.41. The number of nitrogens with zero attached hydrogens (tertiary/aromatic N) is 3. The molecule has 0 spiro atoms. The van der Waals surface area contributed by atoms with Gasteiger partial charge < -0.3 is 15.4 Å². The van der Waals surface area contributed by atoms with Gasteiger partial charge in [-0.15, -0.1) is 0 Å². The number of halogens is 2. The number of methoxy groups -OCH3 is 1. The van der Waals surface area contributed by atoms with Gasteiger partial charge in [-0.05, 0) is 55.7 Å². The highest BCUT2D eigenvalue weighted by atomic mass is 19.2. The molecule has 1 fully saturated rings. The number of hydrogen-bond donors (Lipinski definition) is 2. The Morgan fingerprint density at radius 2 is 1.73 bits per heavy atom. The van der Waals surface area contributed by atoms with Crippen LogP contribution in [0.3, 0.4) is 0 Å². The molecule has 1 aromatic carbocycles. The fraction of sp³-hybridized carbons (Fsp3) is 0.423. The monoisotopic (exact) mass is 513 g/mol. The first-order valence-corrected chi connectivity index (χ1v) is 12.0. The lowest BCUT2D eigenvalue weighted by molar-refractivity contribution is -0.155. The molecule has 2 heterocycles. The number of carbonyl (C=O) groups is 3. The fourth-order valence-corrected chi connectivity index (χ4v) is 4.53. The molecule has 37 heavy (non-hydrogen) atoms. The van der Waals surface area contributed by atoms with Crippen LogP contribution in [0.2, 0.25) is 0 Å². The number of fused-ring (bicyclic) bond motifs is 1. The van der Waals surface area contributed by atoms with Gasteiger partial charge in [0.15, 0.2) is 17.3 Å². The second kappa shape index (κ2) is 10.2. The van der Waals surface area contributed by atoms with Crippen molar-refractivity contribution in [3.8, 4) is 0 Å². The molecule has 0 saturated heterocycles. The van der Waals surface area contributed by atoms with E-state index in [1.807, 2.05) is 6.92 Å². The summed E-state index contributed by atoms with van der Waals surface area (Å²) in [4.78, 5) is 42.3. The smallest absolute Gasteiger partial charge is 0.311 e. The average Bonchev–Trinajstić information content (AvgIpc) is 3.37. The van der Waals surface area contributed by atoms with Gasteiger partial charge in [0.05, 0.1) is 18.7 Å². The second-order valence-electron chi connectivity index (χ2n) is 10.1. The van der Waals surface area contributed by atoms with Gasteiger partial charge in [0.25, 0.3) is 11.8 Å². The van der Waals surface area contributed by atoms with Crippen molar-refractivity contribution in [2.75, 3.05) is 13.7 Å². The molecule has 196 valence electrons. The van der Waals surface area contributed by atoms with E-state index >= 15 is 0 Å². The number of amides is 2. The SMILES string of the molecule is COC(=O)C1(C)CCC(C)(CNC(=O)c2cc(C(=O)NCc3ccc(F)c(F)c3)nc3ccnn23)CC1. The third-order valence-electron chi connectivity index (χ3n) is 7.18. The van der Waals surface area contributed by atoms with Gasteiger partial charge in [-0.25, -0.2) is 18.3 Å². The molecule has 0 atom stereocenters. The summed E-state index contributed by atoms with van der Waals surface area (Å²) >= 11 is 0. The Morgan fingerprint density at radius 3 is 2.41 bits per heavy atom. The predicted molar refractivity (Wildman–Crippen MR) is 130 cm³/mol. The van der Waals surface area contributed by atoms with Crippen LogP contribution in [0.25, 0.3) is 5.65 Å². The molecule has 0 unspecified atom stereocenters. The predicted octanol–water partition coefficient (Wildman–Crippen LogP) is 3.43. The molecule has 9 nitrogen and oxygen atoms in total. The first-order valence-electron chi connectivity index (χ1n) is 12.0. The van der Waals surface area contributed by atoms with E-state index in [4.69, 9.17) is 4.74 Å². The summed E-state index contributed by atoms with van der Waals surface area (Å²) in [5.74, 6) is -3.20. The minimum atomic E-state index is -1.01. The number of aromatic nitrogens is 3. The molecule has 4 rings (SSSR count). The normalized spacial score (nSPS) is 21.4. The quantitative estimate of drug-likeness (QED) is 0.468. The number of ether oxygens (including phenoxy) is 1. The molecule has 0 aliphatic heterocycles. The molecule has 2 N–H and O–H groups in total. The summed E-state index contributed by atoms with van der Waals surface area (Å²) in [5.41, 5.74) is 0.0737. The van der Waals surface area contributed by atoms with E-state index in [9.17, 15) is 23.2 Å². The molecular weight excluding hydrogens is 484 g/mol. The van der Waals surface area contributed by atoms with Crippen LogP contribution < -0.4 is 10.6 Å². The van der Waals surface area contributed by atoms with E-state index in [-0.39, 0.29) is 29.3 Å². The average molecular weight is 514 g/mol. The summed E-state index contributed by atoms with van der Waals surface area (Å²) in [7, 11) is 1.39. The molecule has 11 heteroatoms. The van der Waals surface area contributed by atoms with E-state index < -0.39 is 28.9 Å². The van der Waals surface area contributed by atoms with Crippen LogP contribution in [0, 0.1) is 22.5 Å². The molecule has 3 aromatic rings. The van der Waals surface area contributed by atoms with Crippen molar-refractivity contribution in [2.45, 2.75) is 46.1 Å². The minimum Gasteiger partial charge on any atom is -0.469 e. The molecule has 2 amide bonds. The van der Waals surface area contributed by atoms with Crippen LogP contribution in [0.1, 0.15) is 66.1 Å². The van der Waals surface area contributed by atoms with E-state index in [1.54, 1.807) is 6.07 Å². The topological polar surface area (TPSA) is 115 Å². The van der Waals surface area contributed by atoms with Gasteiger partial charge in [0, 0.05) is 25.2 Å². The van der Waals surface area contributed by atoms with Crippen LogP contribution in [0.15, 0.2) is 36.5 Å². The molecule has 1 saturated carbocycles. The van der Waals surface area contributed by atoms with Crippen molar-refractivity contribution in [2.24, 2.45) is 10.8 Å². The Labute approximate surface area is 212 Å². The van der Waals surface area contributed by atoms with Gasteiger partial charge in [-0.1, -0.05) is 13.0 Å². The van der Waals surface area contributed by atoms with Crippen molar-refractivity contribution < 1.29 is 27.9 Å². The standard InChI is InChI=1S/C26H29F2N5O4/c1-25(7-9-26(2,10-8-25)24(36)37-3)15-30-23(35)20-13-19(32-21-6-11-31-33(20)21)22(34)29-14-16-4-5-17(27)18(28)12-16/h4-6,11-13H,7-10,14-15H2,1-3H3,(H,29,34)(H,30,35). The Hall–Kier alpha value is -3.89. The Morgan fingerprint density at radius 1 is 1.00 bits per heavy atom. The fourth-order valence-electron chi connectivity index (χ4n) is 4.53. The van der Waals surface area contributed by atoms with Gasteiger partial charge in [0.1, 0.15) is 11.4 Å². The van der Waals surface area contributed by atoms with Gasteiger partial charge in [-0.3, -0.25) is 14.4 Å². The van der Waals surface area contributed by atoms with Crippen molar-refractivity contribution in [3.63, 3.8) is 0 Å². The number of rotatable bonds is 7. The molecule has 1 aliphatic rings. The van der Waals surface area contributed by atoms with E-state index in [2.05, 4.69) is 27.6 Å². The van der Waals surface area contributed by atoms with Crippen molar-refractivity contribution >= 4 is 23.4 Å². The summed E-state index contributed by atoms with van der Waals surface area (Å²) in [6, 6.07) is 6.26. The van der Waals surface area contributed by atoms with Crippen molar-refractivity contribution in [3.05, 3.63) is 65.1 Å². The zero-order chi connectivity index (χ0) is 26.8. The maximum absolute atomic E-state index is 13.5. The maximum atomic E-state index is 13.5. The maximum Gasteiger partial charge on any atom is 0.311 e.